The van der Waals surface area contributed by atoms with Gasteiger partial charge in [-0.2, -0.15) is 0 Å². The minimum atomic E-state index is -0.486. The lowest BCUT2D eigenvalue weighted by Gasteiger charge is -2.25. The molecule has 0 saturated heterocycles. The summed E-state index contributed by atoms with van der Waals surface area (Å²) in [5.74, 6) is 0.579. The molecule has 0 aromatic carbocycles. The van der Waals surface area contributed by atoms with E-state index < -0.39 is 6.10 Å². The molecule has 0 spiro atoms. The molecule has 0 aromatic heterocycles. The van der Waals surface area contributed by atoms with Crippen LogP contribution in [-0.2, 0) is 4.79 Å². The Morgan fingerprint density at radius 3 is 2.27 bits per heavy atom. The normalized spacial score (nSPS) is 14.1. The van der Waals surface area contributed by atoms with E-state index in [4.69, 9.17) is 0 Å². The predicted molar refractivity (Wildman–Crippen MR) is 62.5 cm³/mol. The Bertz CT molecular complexity index is 194. The molecule has 0 aromatic rings. The molecular formula is C12H25NO2. The molecule has 0 saturated carbocycles. The molecule has 3 nitrogen and oxygen atoms in total. The van der Waals surface area contributed by atoms with Crippen molar-refractivity contribution in [3.8, 4) is 0 Å². The highest BCUT2D eigenvalue weighted by Gasteiger charge is 2.22. The Kier molecular flexibility index (Phi) is 5.88. The van der Waals surface area contributed by atoms with Crippen LogP contribution in [0.25, 0.3) is 0 Å². The Morgan fingerprint density at radius 2 is 1.87 bits per heavy atom. The summed E-state index contributed by atoms with van der Waals surface area (Å²) in [6, 6.07) is 0. The lowest BCUT2D eigenvalue weighted by Crippen LogP contribution is -2.39. The molecule has 0 aliphatic heterocycles. The van der Waals surface area contributed by atoms with Crippen molar-refractivity contribution in [2.45, 2.75) is 53.6 Å². The van der Waals surface area contributed by atoms with Gasteiger partial charge in [0.15, 0.2) is 0 Å². The lowest BCUT2D eigenvalue weighted by molar-refractivity contribution is -0.122. The van der Waals surface area contributed by atoms with Crippen LogP contribution in [0.1, 0.15) is 47.5 Å². The largest absolute Gasteiger partial charge is 0.391 e. The van der Waals surface area contributed by atoms with Crippen molar-refractivity contribution in [3.05, 3.63) is 0 Å². The quantitative estimate of drug-likeness (QED) is 0.736. The Balaban J connectivity index is 3.72. The van der Waals surface area contributed by atoms with Gasteiger partial charge in [0.1, 0.15) is 0 Å². The number of carbonyl (C=O) groups is 1. The van der Waals surface area contributed by atoms with Crippen LogP contribution in [0.3, 0.4) is 0 Å². The fourth-order valence-electron chi connectivity index (χ4n) is 1.02. The van der Waals surface area contributed by atoms with Crippen molar-refractivity contribution >= 4 is 5.91 Å². The summed E-state index contributed by atoms with van der Waals surface area (Å²) in [6.45, 7) is 10.4. The van der Waals surface area contributed by atoms with Crippen LogP contribution in [0.5, 0.6) is 0 Å². The van der Waals surface area contributed by atoms with E-state index in [0.29, 0.717) is 18.9 Å². The van der Waals surface area contributed by atoms with E-state index >= 15 is 0 Å². The number of amides is 1. The average molecular weight is 215 g/mol. The van der Waals surface area contributed by atoms with Crippen LogP contribution in [-0.4, -0.2) is 23.7 Å². The average Bonchev–Trinajstić information content (AvgIpc) is 2.09. The van der Waals surface area contributed by atoms with E-state index in [2.05, 4.69) is 19.2 Å². The van der Waals surface area contributed by atoms with Crippen LogP contribution in [0.2, 0.25) is 0 Å². The fraction of sp³-hybridized carbons (Fsp3) is 0.917. The summed E-state index contributed by atoms with van der Waals surface area (Å²) in [4.78, 5) is 11.4. The minimum Gasteiger partial charge on any atom is -0.391 e. The summed E-state index contributed by atoms with van der Waals surface area (Å²) in [6.07, 6.45) is 0.965. The van der Waals surface area contributed by atoms with Crippen molar-refractivity contribution in [1.82, 2.24) is 5.32 Å². The van der Waals surface area contributed by atoms with Gasteiger partial charge in [0.05, 0.1) is 6.10 Å². The number of aliphatic hydroxyl groups is 1. The second-order valence-electron chi connectivity index (χ2n) is 5.62. The molecule has 3 heteroatoms. The zero-order valence-electron chi connectivity index (χ0n) is 10.6. The molecule has 2 N–H and O–H groups in total. The third kappa shape index (κ3) is 7.37. The number of hydrogen-bond acceptors (Lipinski definition) is 2. The molecule has 90 valence electrons. The zero-order chi connectivity index (χ0) is 12.1. The van der Waals surface area contributed by atoms with Crippen LogP contribution >= 0.6 is 0 Å². The van der Waals surface area contributed by atoms with Gasteiger partial charge in [0, 0.05) is 13.0 Å². The van der Waals surface area contributed by atoms with Crippen LogP contribution in [0, 0.1) is 11.3 Å². The molecule has 0 fully saturated rings. The summed E-state index contributed by atoms with van der Waals surface area (Å²) in [5, 5.41) is 12.5. The number of hydrogen-bond donors (Lipinski definition) is 2. The Morgan fingerprint density at radius 1 is 1.33 bits per heavy atom. The third-order valence-electron chi connectivity index (χ3n) is 2.44. The summed E-state index contributed by atoms with van der Waals surface area (Å²) in [7, 11) is 0. The molecule has 0 heterocycles. The van der Waals surface area contributed by atoms with E-state index in [-0.39, 0.29) is 11.3 Å². The highest BCUT2D eigenvalue weighted by Crippen LogP contribution is 2.18. The summed E-state index contributed by atoms with van der Waals surface area (Å²) >= 11 is 0. The first-order valence-electron chi connectivity index (χ1n) is 5.68. The first-order chi connectivity index (χ1) is 6.73. The van der Waals surface area contributed by atoms with E-state index in [9.17, 15) is 9.90 Å². The summed E-state index contributed by atoms with van der Waals surface area (Å²) < 4.78 is 0. The van der Waals surface area contributed by atoms with E-state index in [1.807, 2.05) is 20.8 Å². The second-order valence-corrected chi connectivity index (χ2v) is 5.62. The number of nitrogens with one attached hydrogen (secondary N) is 1. The van der Waals surface area contributed by atoms with Crippen molar-refractivity contribution < 1.29 is 9.90 Å². The molecule has 0 aliphatic carbocycles. The maximum Gasteiger partial charge on any atom is 0.220 e. The first-order valence-corrected chi connectivity index (χ1v) is 5.68. The number of rotatable bonds is 5. The topological polar surface area (TPSA) is 49.3 Å². The van der Waals surface area contributed by atoms with Gasteiger partial charge in [-0.3, -0.25) is 4.79 Å². The van der Waals surface area contributed by atoms with Crippen LogP contribution in [0.15, 0.2) is 0 Å². The van der Waals surface area contributed by atoms with Gasteiger partial charge >= 0.3 is 0 Å². The highest BCUT2D eigenvalue weighted by atomic mass is 16.3. The first kappa shape index (κ1) is 14.4. The molecular weight excluding hydrogens is 190 g/mol. The van der Waals surface area contributed by atoms with Crippen molar-refractivity contribution in [2.75, 3.05) is 6.54 Å². The maximum absolute atomic E-state index is 11.4. The molecule has 0 bridgehead atoms. The van der Waals surface area contributed by atoms with Gasteiger partial charge < -0.3 is 10.4 Å². The molecule has 1 atom stereocenters. The van der Waals surface area contributed by atoms with E-state index in [0.717, 1.165) is 6.42 Å². The predicted octanol–water partition coefficient (Wildman–Crippen LogP) is 1.95. The maximum atomic E-state index is 11.4. The number of aliphatic hydroxyl groups excluding tert-OH is 1. The SMILES string of the molecule is CC(C)CCC(=O)NCC(O)C(C)(C)C. The molecule has 0 aliphatic rings. The molecule has 0 rings (SSSR count). The van der Waals surface area contributed by atoms with Crippen molar-refractivity contribution in [2.24, 2.45) is 11.3 Å². The Labute approximate surface area is 93.3 Å². The molecule has 1 unspecified atom stereocenters. The lowest BCUT2D eigenvalue weighted by atomic mass is 9.89. The number of carbonyl (C=O) groups excluding carboxylic acids is 1. The van der Waals surface area contributed by atoms with Crippen LogP contribution < -0.4 is 5.32 Å². The summed E-state index contributed by atoms with van der Waals surface area (Å²) in [5.41, 5.74) is -0.175. The molecule has 0 radical (unpaired) electrons. The van der Waals surface area contributed by atoms with Gasteiger partial charge in [-0.05, 0) is 17.8 Å². The van der Waals surface area contributed by atoms with E-state index in [1.54, 1.807) is 0 Å². The van der Waals surface area contributed by atoms with Gasteiger partial charge in [0.2, 0.25) is 5.91 Å². The van der Waals surface area contributed by atoms with Crippen molar-refractivity contribution in [1.29, 1.82) is 0 Å². The van der Waals surface area contributed by atoms with Gasteiger partial charge in [0.25, 0.3) is 0 Å². The van der Waals surface area contributed by atoms with E-state index in [1.165, 1.54) is 0 Å². The van der Waals surface area contributed by atoms with Gasteiger partial charge in [-0.1, -0.05) is 34.6 Å². The third-order valence-corrected chi connectivity index (χ3v) is 2.44. The van der Waals surface area contributed by atoms with Crippen LogP contribution in [0.4, 0.5) is 0 Å². The van der Waals surface area contributed by atoms with Gasteiger partial charge in [-0.25, -0.2) is 0 Å². The molecule has 15 heavy (non-hydrogen) atoms. The standard InChI is InChI=1S/C12H25NO2/c1-9(2)6-7-11(15)13-8-10(14)12(3,4)5/h9-10,14H,6-8H2,1-5H3,(H,13,15). The smallest absolute Gasteiger partial charge is 0.220 e. The van der Waals surface area contributed by atoms with Gasteiger partial charge in [-0.15, -0.1) is 0 Å². The zero-order valence-corrected chi connectivity index (χ0v) is 10.6. The highest BCUT2D eigenvalue weighted by molar-refractivity contribution is 5.75. The minimum absolute atomic E-state index is 0.0343. The molecule has 1 amide bonds. The second kappa shape index (κ2) is 6.11. The van der Waals surface area contributed by atoms with Crippen molar-refractivity contribution in [3.63, 3.8) is 0 Å². The Hall–Kier alpha value is -0.570. The monoisotopic (exact) mass is 215 g/mol. The fourth-order valence-corrected chi connectivity index (χ4v) is 1.02.